The summed E-state index contributed by atoms with van der Waals surface area (Å²) in [6, 6.07) is 2.67. The zero-order valence-electron chi connectivity index (χ0n) is 10.8. The fourth-order valence-electron chi connectivity index (χ4n) is 1.41. The Labute approximate surface area is 121 Å². The molecule has 0 atom stereocenters. The first-order valence-electron chi connectivity index (χ1n) is 5.67. The van der Waals surface area contributed by atoms with Crippen molar-refractivity contribution in [3.05, 3.63) is 28.0 Å². The minimum atomic E-state index is -3.65. The molecule has 0 saturated carbocycles. The summed E-state index contributed by atoms with van der Waals surface area (Å²) < 4.78 is 41.1. The number of benzene rings is 1. The first-order valence-corrected chi connectivity index (χ1v) is 7.91. The van der Waals surface area contributed by atoms with Crippen molar-refractivity contribution in [2.24, 2.45) is 5.73 Å². The number of nitrogens with one attached hydrogen (secondary N) is 1. The molecule has 0 aromatic heterocycles. The number of rotatable bonds is 6. The molecule has 0 heterocycles. The number of nitrogens with two attached hydrogens (primary N) is 1. The maximum Gasteiger partial charge on any atom is 0.301 e. The average molecular weight is 354 g/mol. The Kier molecular flexibility index (Phi) is 5.72. The van der Waals surface area contributed by atoms with Crippen LogP contribution in [0, 0.1) is 12.7 Å². The van der Waals surface area contributed by atoms with Gasteiger partial charge in [0.05, 0.1) is 10.2 Å². The van der Waals surface area contributed by atoms with E-state index in [2.05, 4.69) is 20.7 Å². The molecule has 0 amide bonds. The number of halogens is 2. The molecule has 0 bridgehead atoms. The first-order chi connectivity index (χ1) is 8.77. The Morgan fingerprint density at radius 1 is 1.47 bits per heavy atom. The fourth-order valence-corrected chi connectivity index (χ4v) is 2.77. The van der Waals surface area contributed by atoms with Gasteiger partial charge in [0.25, 0.3) is 0 Å². The van der Waals surface area contributed by atoms with E-state index < -0.39 is 16.0 Å². The summed E-state index contributed by atoms with van der Waals surface area (Å²) >= 11 is 3.03. The first kappa shape index (κ1) is 16.4. The topological polar surface area (TPSA) is 75.4 Å². The lowest BCUT2D eigenvalue weighted by Gasteiger charge is -2.19. The highest BCUT2D eigenvalue weighted by atomic mass is 79.9. The summed E-state index contributed by atoms with van der Waals surface area (Å²) in [5.74, 6) is -0.433. The molecular weight excluding hydrogens is 337 g/mol. The lowest BCUT2D eigenvalue weighted by molar-refractivity contribution is 0.468. The molecule has 0 spiro atoms. The van der Waals surface area contributed by atoms with Crippen LogP contribution in [0.5, 0.6) is 0 Å². The van der Waals surface area contributed by atoms with Gasteiger partial charge in [0.15, 0.2) is 0 Å². The predicted molar refractivity (Wildman–Crippen MR) is 77.7 cm³/mol. The minimum Gasteiger partial charge on any atom is -0.330 e. The predicted octanol–water partition coefficient (Wildman–Crippen LogP) is 1.83. The average Bonchev–Trinajstić information content (AvgIpc) is 2.32. The summed E-state index contributed by atoms with van der Waals surface area (Å²) in [4.78, 5) is 0. The molecule has 0 aliphatic rings. The van der Waals surface area contributed by atoms with Crippen LogP contribution in [0.1, 0.15) is 12.0 Å². The van der Waals surface area contributed by atoms with Crippen molar-refractivity contribution >= 4 is 31.8 Å². The molecule has 5 nitrogen and oxygen atoms in total. The molecule has 8 heteroatoms. The Balaban J connectivity index is 2.92. The van der Waals surface area contributed by atoms with Gasteiger partial charge in [-0.15, -0.1) is 0 Å². The lowest BCUT2D eigenvalue weighted by Crippen LogP contribution is -2.34. The largest absolute Gasteiger partial charge is 0.330 e. The van der Waals surface area contributed by atoms with Crippen molar-refractivity contribution in [2.75, 3.05) is 24.9 Å². The monoisotopic (exact) mass is 353 g/mol. The van der Waals surface area contributed by atoms with E-state index in [0.29, 0.717) is 30.8 Å². The smallest absolute Gasteiger partial charge is 0.301 e. The van der Waals surface area contributed by atoms with Crippen molar-refractivity contribution in [2.45, 2.75) is 13.3 Å². The summed E-state index contributed by atoms with van der Waals surface area (Å²) in [6.45, 7) is 2.38. The summed E-state index contributed by atoms with van der Waals surface area (Å²) in [7, 11) is -2.19. The van der Waals surface area contributed by atoms with E-state index in [4.69, 9.17) is 5.73 Å². The molecule has 0 fully saturated rings. The second-order valence-corrected chi connectivity index (χ2v) is 6.78. The quantitative estimate of drug-likeness (QED) is 0.819. The van der Waals surface area contributed by atoms with Crippen LogP contribution in [0.15, 0.2) is 16.6 Å². The van der Waals surface area contributed by atoms with E-state index in [0.717, 1.165) is 0 Å². The second kappa shape index (κ2) is 6.65. The number of nitrogens with zero attached hydrogens (tertiary/aromatic N) is 1. The van der Waals surface area contributed by atoms with Crippen LogP contribution in [-0.2, 0) is 10.2 Å². The van der Waals surface area contributed by atoms with Gasteiger partial charge < -0.3 is 5.73 Å². The SMILES string of the molecule is Cc1cc(F)c(Br)cc1NS(=O)(=O)N(C)CCCN. The molecule has 0 aliphatic carbocycles. The number of aryl methyl sites for hydroxylation is 1. The van der Waals surface area contributed by atoms with Gasteiger partial charge in [0.1, 0.15) is 5.82 Å². The molecule has 0 saturated heterocycles. The number of anilines is 1. The number of hydrogen-bond acceptors (Lipinski definition) is 3. The van der Waals surface area contributed by atoms with Gasteiger partial charge >= 0.3 is 10.2 Å². The minimum absolute atomic E-state index is 0.209. The van der Waals surface area contributed by atoms with Crippen LogP contribution in [0.4, 0.5) is 10.1 Å². The van der Waals surface area contributed by atoms with Gasteiger partial charge in [-0.1, -0.05) is 0 Å². The van der Waals surface area contributed by atoms with E-state index >= 15 is 0 Å². The number of hydrogen-bond donors (Lipinski definition) is 2. The van der Waals surface area contributed by atoms with E-state index in [1.54, 1.807) is 6.92 Å². The van der Waals surface area contributed by atoms with Crippen molar-refractivity contribution in [3.8, 4) is 0 Å². The van der Waals surface area contributed by atoms with E-state index in [9.17, 15) is 12.8 Å². The lowest BCUT2D eigenvalue weighted by atomic mass is 10.2. The van der Waals surface area contributed by atoms with Crippen molar-refractivity contribution in [1.82, 2.24) is 4.31 Å². The van der Waals surface area contributed by atoms with Crippen molar-refractivity contribution < 1.29 is 12.8 Å². The van der Waals surface area contributed by atoms with E-state index in [1.165, 1.54) is 23.5 Å². The molecule has 1 aromatic carbocycles. The van der Waals surface area contributed by atoms with Gasteiger partial charge in [-0.25, -0.2) is 4.39 Å². The molecule has 3 N–H and O–H groups in total. The van der Waals surface area contributed by atoms with Crippen LogP contribution >= 0.6 is 15.9 Å². The van der Waals surface area contributed by atoms with Crippen LogP contribution < -0.4 is 10.5 Å². The standard InChI is InChI=1S/C11H17BrFN3O2S/c1-8-6-10(13)9(12)7-11(8)15-19(17,18)16(2)5-3-4-14/h6-7,15H,3-5,14H2,1-2H3. The molecule has 0 unspecified atom stereocenters. The molecular formula is C11H17BrFN3O2S. The van der Waals surface area contributed by atoms with E-state index in [-0.39, 0.29) is 4.47 Å². The summed E-state index contributed by atoms with van der Waals surface area (Å²) in [5.41, 5.74) is 6.19. The Morgan fingerprint density at radius 2 is 2.11 bits per heavy atom. The third kappa shape index (κ3) is 4.41. The molecule has 1 rings (SSSR count). The zero-order valence-corrected chi connectivity index (χ0v) is 13.2. The van der Waals surface area contributed by atoms with Crippen LogP contribution in [0.2, 0.25) is 0 Å². The fraction of sp³-hybridized carbons (Fsp3) is 0.455. The van der Waals surface area contributed by atoms with Gasteiger partial charge in [0, 0.05) is 13.6 Å². The molecule has 0 radical (unpaired) electrons. The van der Waals surface area contributed by atoms with E-state index in [1.807, 2.05) is 0 Å². The summed E-state index contributed by atoms with van der Waals surface area (Å²) in [6.07, 6.45) is 0.573. The maximum atomic E-state index is 13.3. The summed E-state index contributed by atoms with van der Waals surface area (Å²) in [5, 5.41) is 0. The zero-order chi connectivity index (χ0) is 14.6. The van der Waals surface area contributed by atoms with Gasteiger partial charge in [-0.2, -0.15) is 12.7 Å². The molecule has 108 valence electrons. The molecule has 0 aliphatic heterocycles. The third-order valence-electron chi connectivity index (χ3n) is 2.59. The van der Waals surface area contributed by atoms with Gasteiger partial charge in [-0.05, 0) is 53.5 Å². The highest BCUT2D eigenvalue weighted by Crippen LogP contribution is 2.25. The highest BCUT2D eigenvalue weighted by molar-refractivity contribution is 9.10. The van der Waals surface area contributed by atoms with Crippen molar-refractivity contribution in [1.29, 1.82) is 0 Å². The third-order valence-corrected chi connectivity index (χ3v) is 4.68. The highest BCUT2D eigenvalue weighted by Gasteiger charge is 2.18. The Morgan fingerprint density at radius 3 is 2.68 bits per heavy atom. The van der Waals surface area contributed by atoms with Crippen LogP contribution in [-0.4, -0.2) is 32.9 Å². The van der Waals surface area contributed by atoms with Gasteiger partial charge in [-0.3, -0.25) is 4.72 Å². The molecule has 19 heavy (non-hydrogen) atoms. The maximum absolute atomic E-state index is 13.3. The second-order valence-electron chi connectivity index (χ2n) is 4.15. The van der Waals surface area contributed by atoms with Crippen LogP contribution in [0.25, 0.3) is 0 Å². The Bertz CT molecular complexity index is 551. The Hall–Kier alpha value is -0.700. The van der Waals surface area contributed by atoms with Gasteiger partial charge in [0.2, 0.25) is 0 Å². The molecule has 1 aromatic rings. The normalized spacial score (nSPS) is 11.9. The van der Waals surface area contributed by atoms with Crippen LogP contribution in [0.3, 0.4) is 0 Å². The van der Waals surface area contributed by atoms with Crippen molar-refractivity contribution in [3.63, 3.8) is 0 Å².